The lowest BCUT2D eigenvalue weighted by Gasteiger charge is -2.62. The summed E-state index contributed by atoms with van der Waals surface area (Å²) in [7, 11) is 0. The Kier molecular flexibility index (Phi) is 9.26. The number of carboxylic acid groups (broad SMARTS) is 1. The highest BCUT2D eigenvalue weighted by molar-refractivity contribution is 5.99. The topological polar surface area (TPSA) is 119 Å². The van der Waals surface area contributed by atoms with E-state index >= 15 is 0 Å². The largest absolute Gasteiger partial charge is 0.489 e. The number of hydrogen-bond acceptors (Lipinski definition) is 7. The summed E-state index contributed by atoms with van der Waals surface area (Å²) in [6.07, 6.45) is 1.11. The fourth-order valence-electron chi connectivity index (χ4n) is 10.3. The van der Waals surface area contributed by atoms with Crippen LogP contribution in [0.5, 0.6) is 5.75 Å². The van der Waals surface area contributed by atoms with Crippen molar-refractivity contribution in [2.24, 2.45) is 22.7 Å². The molecule has 2 aromatic rings. The van der Waals surface area contributed by atoms with Crippen LogP contribution in [0.15, 0.2) is 42.5 Å². The molecule has 6 rings (SSSR count). The standard InChI is InChI=1S/C42H55NO8/c1-25-18-30-34(31(19-25)49-24-28-13-11-10-12-14-28)27(3)35(47)36-39(30,7)21-32(44)40(8,41(36,9)22-33(45)46)15-16-42-20-26(2)17-29(50-42)23-43(42)37(48)51-38(4,5)6/h10-14,18-19,26-27,29,36H,15-17,20-24H2,1-9H3,(H,45,46)/t26-,27+,29+,36-,39-,40+,41-,42-/m0/s1. The molecule has 0 aromatic heterocycles. The van der Waals surface area contributed by atoms with Gasteiger partial charge in [0.25, 0.3) is 0 Å². The van der Waals surface area contributed by atoms with Crippen molar-refractivity contribution in [2.45, 2.75) is 136 Å². The van der Waals surface area contributed by atoms with E-state index in [4.69, 9.17) is 14.2 Å². The predicted molar refractivity (Wildman–Crippen MR) is 192 cm³/mol. The van der Waals surface area contributed by atoms with Crippen molar-refractivity contribution in [3.05, 3.63) is 64.7 Å². The Morgan fingerprint density at radius 2 is 1.73 bits per heavy atom. The monoisotopic (exact) mass is 701 g/mol. The third-order valence-corrected chi connectivity index (χ3v) is 12.7. The molecular weight excluding hydrogens is 646 g/mol. The zero-order chi connectivity index (χ0) is 37.3. The minimum absolute atomic E-state index is 0.0714. The van der Waals surface area contributed by atoms with Gasteiger partial charge >= 0.3 is 12.1 Å². The number of hydrogen-bond donors (Lipinski definition) is 1. The normalized spacial score (nSPS) is 34.5. The summed E-state index contributed by atoms with van der Waals surface area (Å²) in [5.41, 5.74) is -1.48. The predicted octanol–water partition coefficient (Wildman–Crippen LogP) is 8.14. The molecule has 276 valence electrons. The number of carboxylic acids is 1. The van der Waals surface area contributed by atoms with Crippen molar-refractivity contribution in [3.8, 4) is 5.75 Å². The van der Waals surface area contributed by atoms with Crippen LogP contribution >= 0.6 is 0 Å². The first-order valence-corrected chi connectivity index (χ1v) is 18.5. The molecule has 2 aromatic carbocycles. The number of ketones is 2. The summed E-state index contributed by atoms with van der Waals surface area (Å²) in [4.78, 5) is 58.0. The van der Waals surface area contributed by atoms with Gasteiger partial charge in [0.2, 0.25) is 0 Å². The lowest BCUT2D eigenvalue weighted by Crippen LogP contribution is -2.65. The number of carbonyl (C=O) groups excluding carboxylic acids is 3. The molecular formula is C42H55NO8. The molecule has 2 aliphatic carbocycles. The maximum atomic E-state index is 14.9. The summed E-state index contributed by atoms with van der Waals surface area (Å²) >= 11 is 0. The quantitative estimate of drug-likeness (QED) is 0.293. The Morgan fingerprint density at radius 3 is 2.37 bits per heavy atom. The lowest BCUT2D eigenvalue weighted by molar-refractivity contribution is -0.177. The molecule has 8 atom stereocenters. The van der Waals surface area contributed by atoms with Gasteiger partial charge in [0.1, 0.15) is 35.2 Å². The number of aryl methyl sites for hydroxylation is 1. The Morgan fingerprint density at radius 1 is 1.04 bits per heavy atom. The summed E-state index contributed by atoms with van der Waals surface area (Å²) in [5.74, 6) is -1.64. The van der Waals surface area contributed by atoms with Crippen LogP contribution in [-0.2, 0) is 35.9 Å². The second kappa shape index (κ2) is 12.7. The number of likely N-dealkylation sites (tertiary alicyclic amines) is 1. The van der Waals surface area contributed by atoms with Gasteiger partial charge in [-0.1, -0.05) is 71.0 Å². The third kappa shape index (κ3) is 6.27. The zero-order valence-electron chi connectivity index (χ0n) is 31.8. The molecule has 1 amide bonds. The van der Waals surface area contributed by atoms with Crippen molar-refractivity contribution in [1.29, 1.82) is 0 Å². The summed E-state index contributed by atoms with van der Waals surface area (Å²) in [5, 5.41) is 10.5. The van der Waals surface area contributed by atoms with Gasteiger partial charge in [-0.25, -0.2) is 4.79 Å². The summed E-state index contributed by atoms with van der Waals surface area (Å²) in [6.45, 7) is 17.9. The van der Waals surface area contributed by atoms with Crippen LogP contribution in [0, 0.1) is 29.6 Å². The minimum atomic E-state index is -1.24. The molecule has 2 saturated heterocycles. The summed E-state index contributed by atoms with van der Waals surface area (Å²) < 4.78 is 18.9. The van der Waals surface area contributed by atoms with E-state index in [-0.39, 0.29) is 42.9 Å². The molecule has 3 fully saturated rings. The van der Waals surface area contributed by atoms with Crippen molar-refractivity contribution < 1.29 is 38.5 Å². The molecule has 0 spiro atoms. The van der Waals surface area contributed by atoms with E-state index in [1.54, 1.807) is 4.90 Å². The van der Waals surface area contributed by atoms with Gasteiger partial charge in [-0.15, -0.1) is 0 Å². The van der Waals surface area contributed by atoms with E-state index in [2.05, 4.69) is 13.0 Å². The average Bonchev–Trinajstić information content (AvgIpc) is 3.30. The zero-order valence-corrected chi connectivity index (χ0v) is 31.8. The van der Waals surface area contributed by atoms with Crippen LogP contribution in [-0.4, -0.2) is 57.6 Å². The van der Waals surface area contributed by atoms with Crippen molar-refractivity contribution in [3.63, 3.8) is 0 Å². The average molecular weight is 702 g/mol. The van der Waals surface area contributed by atoms with E-state index in [0.29, 0.717) is 31.7 Å². The van der Waals surface area contributed by atoms with Gasteiger partial charge in [-0.05, 0) is 82.1 Å². The van der Waals surface area contributed by atoms with Crippen LogP contribution in [0.2, 0.25) is 0 Å². The fourth-order valence-corrected chi connectivity index (χ4v) is 10.3. The number of amides is 1. The Bertz CT molecular complexity index is 1730. The maximum absolute atomic E-state index is 14.9. The molecule has 9 heteroatoms. The third-order valence-electron chi connectivity index (χ3n) is 12.7. The Hall–Kier alpha value is -3.72. The first kappa shape index (κ1) is 37.1. The van der Waals surface area contributed by atoms with Crippen molar-refractivity contribution in [2.75, 3.05) is 6.54 Å². The number of aliphatic carboxylic acids is 1. The number of Topliss-reactive ketones (excluding diaryl/α,β-unsaturated/α-hetero) is 2. The SMILES string of the molecule is Cc1cc(OCc2ccccc2)c2c(c1)[C@]1(C)CC(=O)[C@@](C)(CC[C@]34C[C@@H](C)C[C@H](CN3C(=O)OC(C)(C)C)O4)[C@@](C)(CC(=O)O)[C@H]1C(=O)[C@@H]2C. The maximum Gasteiger partial charge on any atom is 0.412 e. The van der Waals surface area contributed by atoms with Crippen LogP contribution in [0.25, 0.3) is 0 Å². The van der Waals surface area contributed by atoms with Crippen LogP contribution in [0.1, 0.15) is 122 Å². The highest BCUT2D eigenvalue weighted by atomic mass is 16.6. The van der Waals surface area contributed by atoms with E-state index in [1.165, 1.54) is 0 Å². The molecule has 0 unspecified atom stereocenters. The molecule has 2 aliphatic heterocycles. The Labute approximate surface area is 302 Å². The van der Waals surface area contributed by atoms with Crippen molar-refractivity contribution >= 4 is 23.6 Å². The molecule has 1 N–H and O–H groups in total. The molecule has 51 heavy (non-hydrogen) atoms. The molecule has 1 saturated carbocycles. The van der Waals surface area contributed by atoms with Gasteiger partial charge in [0, 0.05) is 40.1 Å². The van der Waals surface area contributed by atoms with Gasteiger partial charge in [-0.2, -0.15) is 0 Å². The van der Waals surface area contributed by atoms with E-state index in [9.17, 15) is 24.3 Å². The molecule has 2 bridgehead atoms. The molecule has 9 nitrogen and oxygen atoms in total. The number of benzene rings is 2. The fraction of sp³-hybridized carbons (Fsp3) is 0.619. The van der Waals surface area contributed by atoms with Gasteiger partial charge < -0.3 is 19.3 Å². The number of rotatable bonds is 8. The minimum Gasteiger partial charge on any atom is -0.489 e. The van der Waals surface area contributed by atoms with Gasteiger partial charge in [0.15, 0.2) is 0 Å². The molecule has 0 radical (unpaired) electrons. The first-order valence-electron chi connectivity index (χ1n) is 18.5. The number of nitrogens with zero attached hydrogens (tertiary/aromatic N) is 1. The second-order valence-corrected chi connectivity index (χ2v) is 17.7. The number of ether oxygens (including phenoxy) is 3. The smallest absolute Gasteiger partial charge is 0.412 e. The number of carbonyl (C=O) groups is 4. The van der Waals surface area contributed by atoms with Crippen LogP contribution in [0.4, 0.5) is 4.79 Å². The van der Waals surface area contributed by atoms with Crippen molar-refractivity contribution in [1.82, 2.24) is 4.90 Å². The van der Waals surface area contributed by atoms with E-state index in [1.807, 2.05) is 91.8 Å². The van der Waals surface area contributed by atoms with Gasteiger partial charge in [0.05, 0.1) is 19.1 Å². The van der Waals surface area contributed by atoms with Gasteiger partial charge in [-0.3, -0.25) is 19.3 Å². The molecule has 4 aliphatic rings. The lowest BCUT2D eigenvalue weighted by atomic mass is 9.39. The molecule has 2 heterocycles. The van der Waals surface area contributed by atoms with Crippen LogP contribution in [0.3, 0.4) is 0 Å². The van der Waals surface area contributed by atoms with E-state index in [0.717, 1.165) is 28.7 Å². The van der Waals surface area contributed by atoms with Crippen LogP contribution < -0.4 is 4.74 Å². The number of fused-ring (bicyclic) bond motifs is 5. The summed E-state index contributed by atoms with van der Waals surface area (Å²) in [6, 6.07) is 13.9. The highest BCUT2D eigenvalue weighted by Crippen LogP contribution is 2.66. The highest BCUT2D eigenvalue weighted by Gasteiger charge is 2.69. The van der Waals surface area contributed by atoms with E-state index < -0.39 is 51.5 Å². The second-order valence-electron chi connectivity index (χ2n) is 17.7. The Balaban J connectivity index is 1.40. The first-order chi connectivity index (χ1) is 23.7.